The highest BCUT2D eigenvalue weighted by Gasteiger charge is 2.18. The number of rotatable bonds is 3. The maximum absolute atomic E-state index is 5.75. The van der Waals surface area contributed by atoms with Gasteiger partial charge in [-0.15, -0.1) is 11.3 Å². The molecule has 0 aliphatic heterocycles. The first kappa shape index (κ1) is 13.7. The molecule has 5 heteroatoms. The number of hydrazine groups is 1. The van der Waals surface area contributed by atoms with Crippen molar-refractivity contribution in [2.24, 2.45) is 5.84 Å². The number of fused-ring (bicyclic) bond motifs is 1. The van der Waals surface area contributed by atoms with Crippen molar-refractivity contribution in [3.8, 4) is 0 Å². The molecule has 2 aromatic heterocycles. The van der Waals surface area contributed by atoms with Gasteiger partial charge in [-0.25, -0.2) is 10.4 Å². The molecular weight excluding hydrogens is 334 g/mol. The maximum Gasteiger partial charge on any atom is 0.0901 e. The van der Waals surface area contributed by atoms with Crippen molar-refractivity contribution >= 4 is 38.2 Å². The van der Waals surface area contributed by atoms with E-state index in [1.165, 1.54) is 4.88 Å². The van der Waals surface area contributed by atoms with Crippen molar-refractivity contribution in [2.45, 2.75) is 13.0 Å². The lowest BCUT2D eigenvalue weighted by atomic mass is 10.1. The number of hydrogen-bond donors (Lipinski definition) is 2. The number of aryl methyl sites for hydroxylation is 1. The summed E-state index contributed by atoms with van der Waals surface area (Å²) in [7, 11) is 0. The number of benzene rings is 1. The van der Waals surface area contributed by atoms with Crippen LogP contribution in [-0.4, -0.2) is 4.98 Å². The summed E-state index contributed by atoms with van der Waals surface area (Å²) in [6.45, 7) is 2.09. The third-order valence-corrected chi connectivity index (χ3v) is 4.74. The number of thiophene rings is 1. The summed E-state index contributed by atoms with van der Waals surface area (Å²) in [5.41, 5.74) is 5.88. The molecule has 0 saturated carbocycles. The van der Waals surface area contributed by atoms with Crippen molar-refractivity contribution in [1.82, 2.24) is 10.4 Å². The van der Waals surface area contributed by atoms with Gasteiger partial charge < -0.3 is 0 Å². The van der Waals surface area contributed by atoms with E-state index in [4.69, 9.17) is 10.8 Å². The van der Waals surface area contributed by atoms with Crippen molar-refractivity contribution in [3.05, 3.63) is 62.4 Å². The molecule has 2 heterocycles. The summed E-state index contributed by atoms with van der Waals surface area (Å²) < 4.78 is 0.961. The summed E-state index contributed by atoms with van der Waals surface area (Å²) in [4.78, 5) is 6.01. The van der Waals surface area contributed by atoms with Crippen molar-refractivity contribution in [1.29, 1.82) is 0 Å². The van der Waals surface area contributed by atoms with Crippen LogP contribution < -0.4 is 11.3 Å². The normalized spacial score (nSPS) is 12.8. The number of hydrogen-bond acceptors (Lipinski definition) is 4. The molecule has 0 radical (unpaired) electrons. The Morgan fingerprint density at radius 1 is 1.30 bits per heavy atom. The van der Waals surface area contributed by atoms with Crippen LogP contribution in [-0.2, 0) is 0 Å². The molecule has 1 aromatic carbocycles. The fourth-order valence-corrected chi connectivity index (χ4v) is 3.55. The lowest BCUT2D eigenvalue weighted by Crippen LogP contribution is -2.29. The number of halogens is 1. The van der Waals surface area contributed by atoms with E-state index in [9.17, 15) is 0 Å². The zero-order valence-electron chi connectivity index (χ0n) is 10.9. The third-order valence-electron chi connectivity index (χ3n) is 3.23. The number of aromatic nitrogens is 1. The molecule has 0 aliphatic carbocycles. The molecule has 1 atom stereocenters. The van der Waals surface area contributed by atoms with Crippen LogP contribution in [0.25, 0.3) is 10.9 Å². The molecule has 3 nitrogen and oxygen atoms in total. The van der Waals surface area contributed by atoms with Crippen molar-refractivity contribution < 1.29 is 0 Å². The lowest BCUT2D eigenvalue weighted by Gasteiger charge is -2.16. The van der Waals surface area contributed by atoms with Crippen LogP contribution in [0.2, 0.25) is 0 Å². The van der Waals surface area contributed by atoms with Gasteiger partial charge in [-0.05, 0) is 52.0 Å². The molecule has 0 bridgehead atoms. The summed E-state index contributed by atoms with van der Waals surface area (Å²) in [6, 6.07) is 12.2. The number of pyridine rings is 1. The predicted octanol–water partition coefficient (Wildman–Crippen LogP) is 3.92. The zero-order chi connectivity index (χ0) is 14.1. The second-order valence-electron chi connectivity index (χ2n) is 4.64. The lowest BCUT2D eigenvalue weighted by molar-refractivity contribution is 0.622. The van der Waals surface area contributed by atoms with Gasteiger partial charge in [0.25, 0.3) is 0 Å². The minimum atomic E-state index is -0.112. The molecular formula is C15H14BrN3S. The van der Waals surface area contributed by atoms with E-state index in [1.807, 2.05) is 18.2 Å². The summed E-state index contributed by atoms with van der Waals surface area (Å²) in [5.74, 6) is 5.75. The van der Waals surface area contributed by atoms with E-state index in [1.54, 1.807) is 11.3 Å². The molecule has 3 N–H and O–H groups in total. The predicted molar refractivity (Wildman–Crippen MR) is 87.7 cm³/mol. The average molecular weight is 348 g/mol. The molecule has 0 amide bonds. The van der Waals surface area contributed by atoms with Crippen LogP contribution in [0.1, 0.15) is 22.2 Å². The highest BCUT2D eigenvalue weighted by molar-refractivity contribution is 9.10. The minimum Gasteiger partial charge on any atom is -0.271 e. The van der Waals surface area contributed by atoms with Gasteiger partial charge in [-0.1, -0.05) is 18.2 Å². The number of nitrogens with one attached hydrogen (secondary N) is 1. The maximum atomic E-state index is 5.75. The van der Waals surface area contributed by atoms with Crippen LogP contribution in [0.15, 0.2) is 46.3 Å². The summed E-state index contributed by atoms with van der Waals surface area (Å²) in [6.07, 6.45) is 0. The Morgan fingerprint density at radius 3 is 2.80 bits per heavy atom. The second kappa shape index (κ2) is 5.61. The monoisotopic (exact) mass is 347 g/mol. The summed E-state index contributed by atoms with van der Waals surface area (Å²) in [5, 5.41) is 3.23. The summed E-state index contributed by atoms with van der Waals surface area (Å²) >= 11 is 5.32. The van der Waals surface area contributed by atoms with E-state index in [0.29, 0.717) is 0 Å². The number of nitrogens with zero attached hydrogens (tertiary/aromatic N) is 1. The molecule has 0 saturated heterocycles. The second-order valence-corrected chi connectivity index (χ2v) is 6.61. The standard InChI is InChI=1S/C15H14BrN3S/c1-9-6-11(8-20-9)14(19-17)15-12(16)7-10-4-2-3-5-13(10)18-15/h2-8,14,19H,17H2,1H3. The van der Waals surface area contributed by atoms with Gasteiger partial charge in [-0.3, -0.25) is 5.84 Å². The quantitative estimate of drug-likeness (QED) is 0.557. The Morgan fingerprint density at radius 2 is 2.10 bits per heavy atom. The number of para-hydroxylation sites is 1. The molecule has 0 aliphatic rings. The van der Waals surface area contributed by atoms with Gasteiger partial charge in [0.05, 0.1) is 17.3 Å². The van der Waals surface area contributed by atoms with Crippen molar-refractivity contribution in [3.63, 3.8) is 0 Å². The van der Waals surface area contributed by atoms with Crippen LogP contribution >= 0.6 is 27.3 Å². The van der Waals surface area contributed by atoms with E-state index in [2.05, 4.69) is 51.9 Å². The van der Waals surface area contributed by atoms with E-state index < -0.39 is 0 Å². The molecule has 1 unspecified atom stereocenters. The fourth-order valence-electron chi connectivity index (χ4n) is 2.26. The Balaban J connectivity index is 2.14. The fraction of sp³-hybridized carbons (Fsp3) is 0.133. The van der Waals surface area contributed by atoms with E-state index in [-0.39, 0.29) is 6.04 Å². The van der Waals surface area contributed by atoms with Gasteiger partial charge in [0.15, 0.2) is 0 Å². The van der Waals surface area contributed by atoms with Gasteiger partial charge in [0.2, 0.25) is 0 Å². The Hall–Kier alpha value is -1.27. The minimum absolute atomic E-state index is 0.112. The Labute approximate surface area is 129 Å². The molecule has 20 heavy (non-hydrogen) atoms. The zero-order valence-corrected chi connectivity index (χ0v) is 13.3. The first-order valence-electron chi connectivity index (χ1n) is 6.25. The van der Waals surface area contributed by atoms with Crippen LogP contribution in [0.4, 0.5) is 0 Å². The molecule has 3 aromatic rings. The third kappa shape index (κ3) is 2.50. The molecule has 3 rings (SSSR count). The van der Waals surface area contributed by atoms with Crippen LogP contribution in [0, 0.1) is 6.92 Å². The topological polar surface area (TPSA) is 50.9 Å². The van der Waals surface area contributed by atoms with Crippen molar-refractivity contribution in [2.75, 3.05) is 0 Å². The average Bonchev–Trinajstić information content (AvgIpc) is 2.86. The first-order valence-corrected chi connectivity index (χ1v) is 7.92. The molecule has 102 valence electrons. The van der Waals surface area contributed by atoms with E-state index >= 15 is 0 Å². The molecule has 0 fully saturated rings. The van der Waals surface area contributed by atoms with E-state index in [0.717, 1.165) is 26.6 Å². The van der Waals surface area contributed by atoms with Gasteiger partial charge in [0.1, 0.15) is 0 Å². The Kier molecular flexibility index (Phi) is 3.85. The Bertz CT molecular complexity index is 754. The largest absolute Gasteiger partial charge is 0.271 e. The van der Waals surface area contributed by atoms with Gasteiger partial charge in [0, 0.05) is 14.7 Å². The smallest absolute Gasteiger partial charge is 0.0901 e. The van der Waals surface area contributed by atoms with Gasteiger partial charge in [-0.2, -0.15) is 0 Å². The van der Waals surface area contributed by atoms with Crippen LogP contribution in [0.5, 0.6) is 0 Å². The first-order chi connectivity index (χ1) is 9.69. The van der Waals surface area contributed by atoms with Gasteiger partial charge >= 0.3 is 0 Å². The highest BCUT2D eigenvalue weighted by Crippen LogP contribution is 2.31. The molecule has 0 spiro atoms. The number of nitrogens with two attached hydrogens (primary N) is 1. The van der Waals surface area contributed by atoms with Crippen LogP contribution in [0.3, 0.4) is 0 Å². The SMILES string of the molecule is Cc1cc(C(NN)c2nc3ccccc3cc2Br)cs1. The highest BCUT2D eigenvalue weighted by atomic mass is 79.9.